The summed E-state index contributed by atoms with van der Waals surface area (Å²) in [5, 5.41) is 9.11. The fourth-order valence-corrected chi connectivity index (χ4v) is 4.07. The minimum absolute atomic E-state index is 0.0000231. The molecule has 0 saturated carbocycles. The highest BCUT2D eigenvalue weighted by molar-refractivity contribution is 5.96. The predicted octanol–water partition coefficient (Wildman–Crippen LogP) is 0.574. The van der Waals surface area contributed by atoms with Crippen molar-refractivity contribution in [3.8, 4) is 0 Å². The molecule has 2 fully saturated rings. The number of benzene rings is 1. The number of hydrogen-bond acceptors (Lipinski definition) is 5. The standard InChI is InChI=1S/C18H22N2O5/c21-17(22)7-19-4-12-5-20(14(6-19)10-24-8-12)18(23)15-3-1-2-13-9-25-11-16(13)15/h1-3,12,14H,4-11H2,(H,21,22)/t12-,14-/m0/s1. The molecule has 3 aliphatic heterocycles. The first-order valence-corrected chi connectivity index (χ1v) is 8.63. The van der Waals surface area contributed by atoms with Gasteiger partial charge in [0.05, 0.1) is 39.0 Å². The highest BCUT2D eigenvalue weighted by Gasteiger charge is 2.37. The third kappa shape index (κ3) is 3.27. The van der Waals surface area contributed by atoms with Crippen molar-refractivity contribution in [3.05, 3.63) is 34.9 Å². The highest BCUT2D eigenvalue weighted by Crippen LogP contribution is 2.27. The Balaban J connectivity index is 1.60. The molecule has 0 aromatic heterocycles. The second-order valence-corrected chi connectivity index (χ2v) is 7.04. The van der Waals surface area contributed by atoms with Gasteiger partial charge in [0.15, 0.2) is 0 Å². The third-order valence-corrected chi connectivity index (χ3v) is 5.17. The van der Waals surface area contributed by atoms with Crippen LogP contribution in [0.5, 0.6) is 0 Å². The van der Waals surface area contributed by atoms with Crippen LogP contribution in [0.25, 0.3) is 0 Å². The van der Waals surface area contributed by atoms with Crippen LogP contribution >= 0.6 is 0 Å². The van der Waals surface area contributed by atoms with Crippen molar-refractivity contribution in [2.75, 3.05) is 39.4 Å². The lowest BCUT2D eigenvalue weighted by Gasteiger charge is -2.31. The van der Waals surface area contributed by atoms with Crippen molar-refractivity contribution in [1.29, 1.82) is 0 Å². The molecule has 3 aliphatic rings. The number of carbonyl (C=O) groups excluding carboxylic acids is 1. The summed E-state index contributed by atoms with van der Waals surface area (Å²) in [5.41, 5.74) is 2.76. The Morgan fingerprint density at radius 2 is 2.00 bits per heavy atom. The lowest BCUT2D eigenvalue weighted by molar-refractivity contribution is -0.138. The SMILES string of the molecule is O=C(O)CN1C[C@@H]2COC[C@H](C1)N(C(=O)c1cccc3c1COC3)C2. The van der Waals surface area contributed by atoms with Crippen molar-refractivity contribution in [1.82, 2.24) is 9.80 Å². The molecule has 7 nitrogen and oxygen atoms in total. The van der Waals surface area contributed by atoms with E-state index >= 15 is 0 Å². The van der Waals surface area contributed by atoms with Gasteiger partial charge in [0.25, 0.3) is 5.91 Å². The van der Waals surface area contributed by atoms with E-state index in [1.54, 1.807) is 0 Å². The number of aliphatic carboxylic acids is 1. The number of fused-ring (bicyclic) bond motifs is 4. The molecule has 0 radical (unpaired) electrons. The summed E-state index contributed by atoms with van der Waals surface area (Å²) in [6.45, 7) is 3.81. The van der Waals surface area contributed by atoms with Gasteiger partial charge in [-0.15, -0.1) is 0 Å². The van der Waals surface area contributed by atoms with Gasteiger partial charge in [-0.3, -0.25) is 14.5 Å². The quantitative estimate of drug-likeness (QED) is 0.862. The van der Waals surface area contributed by atoms with Crippen molar-refractivity contribution in [2.45, 2.75) is 19.3 Å². The van der Waals surface area contributed by atoms with Crippen molar-refractivity contribution < 1.29 is 24.2 Å². The first-order valence-electron chi connectivity index (χ1n) is 8.63. The number of ether oxygens (including phenoxy) is 2. The number of amides is 1. The Morgan fingerprint density at radius 1 is 1.12 bits per heavy atom. The van der Waals surface area contributed by atoms with Crippen LogP contribution in [-0.4, -0.2) is 72.2 Å². The Morgan fingerprint density at radius 3 is 2.84 bits per heavy atom. The summed E-state index contributed by atoms with van der Waals surface area (Å²) in [7, 11) is 0. The number of carboxylic acids is 1. The van der Waals surface area contributed by atoms with Crippen LogP contribution < -0.4 is 0 Å². The number of carboxylic acid groups (broad SMARTS) is 1. The molecule has 0 aliphatic carbocycles. The van der Waals surface area contributed by atoms with E-state index in [4.69, 9.17) is 14.6 Å². The Labute approximate surface area is 146 Å². The van der Waals surface area contributed by atoms with E-state index in [1.165, 1.54) is 0 Å². The van der Waals surface area contributed by atoms with Gasteiger partial charge < -0.3 is 19.5 Å². The zero-order chi connectivity index (χ0) is 17.4. The van der Waals surface area contributed by atoms with Crippen LogP contribution in [0, 0.1) is 5.92 Å². The van der Waals surface area contributed by atoms with Crippen molar-refractivity contribution >= 4 is 11.9 Å². The number of carbonyl (C=O) groups is 2. The molecule has 3 heterocycles. The molecule has 2 atom stereocenters. The molecule has 1 aromatic rings. The molecule has 1 N–H and O–H groups in total. The van der Waals surface area contributed by atoms with E-state index < -0.39 is 5.97 Å². The van der Waals surface area contributed by atoms with E-state index in [1.807, 2.05) is 28.0 Å². The molecule has 0 unspecified atom stereocenters. The molecule has 2 bridgehead atoms. The van der Waals surface area contributed by atoms with Gasteiger partial charge in [-0.25, -0.2) is 0 Å². The summed E-state index contributed by atoms with van der Waals surface area (Å²) in [6, 6.07) is 5.63. The third-order valence-electron chi connectivity index (χ3n) is 5.17. The molecular weight excluding hydrogens is 324 g/mol. The first kappa shape index (κ1) is 16.5. The van der Waals surface area contributed by atoms with E-state index in [2.05, 4.69) is 0 Å². The van der Waals surface area contributed by atoms with Crippen LogP contribution in [0.15, 0.2) is 18.2 Å². The first-order chi connectivity index (χ1) is 12.1. The van der Waals surface area contributed by atoms with Crippen LogP contribution in [0.1, 0.15) is 21.5 Å². The maximum absolute atomic E-state index is 13.3. The average molecular weight is 346 g/mol. The van der Waals surface area contributed by atoms with Crippen molar-refractivity contribution in [2.24, 2.45) is 5.92 Å². The Kier molecular flexibility index (Phi) is 4.45. The molecule has 25 heavy (non-hydrogen) atoms. The minimum Gasteiger partial charge on any atom is -0.480 e. The number of hydrogen-bond donors (Lipinski definition) is 1. The molecule has 4 rings (SSSR count). The fraction of sp³-hybridized carbons (Fsp3) is 0.556. The Bertz CT molecular complexity index is 692. The van der Waals surface area contributed by atoms with Crippen LogP contribution in [-0.2, 0) is 27.5 Å². The monoisotopic (exact) mass is 346 g/mol. The van der Waals surface area contributed by atoms with Crippen LogP contribution in [0.3, 0.4) is 0 Å². The van der Waals surface area contributed by atoms with Gasteiger partial charge in [-0.2, -0.15) is 0 Å². The van der Waals surface area contributed by atoms with Crippen LogP contribution in [0.2, 0.25) is 0 Å². The zero-order valence-corrected chi connectivity index (χ0v) is 14.0. The second-order valence-electron chi connectivity index (χ2n) is 7.04. The summed E-state index contributed by atoms with van der Waals surface area (Å²) in [4.78, 5) is 28.2. The van der Waals surface area contributed by atoms with Gasteiger partial charge in [-0.1, -0.05) is 12.1 Å². The summed E-state index contributed by atoms with van der Waals surface area (Å²) in [6.07, 6.45) is 0. The molecule has 0 spiro atoms. The normalized spacial score (nSPS) is 26.2. The second kappa shape index (κ2) is 6.74. The number of nitrogens with zero attached hydrogens (tertiary/aromatic N) is 2. The van der Waals surface area contributed by atoms with Gasteiger partial charge in [0, 0.05) is 31.1 Å². The van der Waals surface area contributed by atoms with E-state index in [0.717, 1.165) is 11.1 Å². The fourth-order valence-electron chi connectivity index (χ4n) is 4.07. The molecular formula is C18H22N2O5. The van der Waals surface area contributed by atoms with Gasteiger partial charge >= 0.3 is 5.97 Å². The lowest BCUT2D eigenvalue weighted by Crippen LogP contribution is -2.47. The smallest absolute Gasteiger partial charge is 0.317 e. The van der Waals surface area contributed by atoms with Crippen LogP contribution in [0.4, 0.5) is 0 Å². The maximum atomic E-state index is 13.3. The Hall–Kier alpha value is -1.96. The number of rotatable bonds is 3. The predicted molar refractivity (Wildman–Crippen MR) is 88.1 cm³/mol. The molecule has 2 saturated heterocycles. The summed E-state index contributed by atoms with van der Waals surface area (Å²) in [5.74, 6) is -0.708. The van der Waals surface area contributed by atoms with E-state index in [-0.39, 0.29) is 24.4 Å². The van der Waals surface area contributed by atoms with Gasteiger partial charge in [0.2, 0.25) is 0 Å². The average Bonchev–Trinajstić information content (AvgIpc) is 2.87. The van der Waals surface area contributed by atoms with E-state index in [0.29, 0.717) is 51.6 Å². The molecule has 1 aromatic carbocycles. The van der Waals surface area contributed by atoms with E-state index in [9.17, 15) is 9.59 Å². The summed E-state index contributed by atoms with van der Waals surface area (Å²) < 4.78 is 11.2. The molecule has 134 valence electrons. The zero-order valence-electron chi connectivity index (χ0n) is 14.0. The van der Waals surface area contributed by atoms with Gasteiger partial charge in [0.1, 0.15) is 0 Å². The topological polar surface area (TPSA) is 79.3 Å². The molecule has 1 amide bonds. The van der Waals surface area contributed by atoms with Crippen molar-refractivity contribution in [3.63, 3.8) is 0 Å². The largest absolute Gasteiger partial charge is 0.480 e. The highest BCUT2D eigenvalue weighted by atomic mass is 16.5. The summed E-state index contributed by atoms with van der Waals surface area (Å²) >= 11 is 0. The van der Waals surface area contributed by atoms with Gasteiger partial charge in [-0.05, 0) is 17.2 Å². The lowest BCUT2D eigenvalue weighted by atomic mass is 10.0. The molecule has 7 heteroatoms. The minimum atomic E-state index is -0.836. The maximum Gasteiger partial charge on any atom is 0.317 e.